The van der Waals surface area contributed by atoms with Crippen molar-refractivity contribution in [1.82, 2.24) is 10.4 Å². The predicted octanol–water partition coefficient (Wildman–Crippen LogP) is -0.879. The summed E-state index contributed by atoms with van der Waals surface area (Å²) in [5, 5.41) is 13.7. The average molecular weight is 200 g/mol. The van der Waals surface area contributed by atoms with Crippen molar-refractivity contribution >= 4 is 5.91 Å². The summed E-state index contributed by atoms with van der Waals surface area (Å²) < 4.78 is 0. The molecule has 2 aliphatic heterocycles. The minimum atomic E-state index is -0.368. The number of nitrogens with zero attached hydrogens (tertiary/aromatic N) is 1. The Morgan fingerprint density at radius 1 is 1.64 bits per heavy atom. The molecule has 2 saturated heterocycles. The summed E-state index contributed by atoms with van der Waals surface area (Å²) in [6.45, 7) is 2.48. The topological polar surface area (TPSA) is 61.8 Å². The quantitative estimate of drug-likeness (QED) is 0.621. The minimum absolute atomic E-state index is 0.136. The van der Waals surface area contributed by atoms with Gasteiger partial charge in [-0.25, -0.2) is 0 Å². The second kappa shape index (κ2) is 4.25. The number of aliphatic hydroxyl groups excluding tert-OH is 1. The number of carbonyl (C=O) groups is 1. The number of rotatable bonds is 3. The van der Waals surface area contributed by atoms with E-state index >= 15 is 0 Å². The van der Waals surface area contributed by atoms with Crippen LogP contribution in [0.15, 0.2) is 0 Å². The smallest absolute Gasteiger partial charge is 0.223 e. The fraction of sp³-hybridized carbons (Fsp3) is 0.889. The van der Waals surface area contributed by atoms with Crippen LogP contribution >= 0.6 is 0 Å². The van der Waals surface area contributed by atoms with Crippen LogP contribution in [0.5, 0.6) is 0 Å². The third-order valence-corrected chi connectivity index (χ3v) is 2.75. The number of nitrogens with one attached hydrogen (secondary N) is 1. The first-order valence-corrected chi connectivity index (χ1v) is 5.09. The van der Waals surface area contributed by atoms with E-state index in [4.69, 9.17) is 4.84 Å². The van der Waals surface area contributed by atoms with Crippen LogP contribution in [0.1, 0.15) is 12.8 Å². The highest BCUT2D eigenvalue weighted by Crippen LogP contribution is 2.16. The van der Waals surface area contributed by atoms with Gasteiger partial charge in [0.2, 0.25) is 5.91 Å². The van der Waals surface area contributed by atoms with Crippen LogP contribution in [0.3, 0.4) is 0 Å². The lowest BCUT2D eigenvalue weighted by Gasteiger charge is -2.14. The number of carbonyl (C=O) groups excluding carboxylic acids is 1. The molecular weight excluding hydrogens is 184 g/mol. The highest BCUT2D eigenvalue weighted by molar-refractivity contribution is 5.80. The van der Waals surface area contributed by atoms with E-state index < -0.39 is 0 Å². The Balaban J connectivity index is 1.69. The maximum Gasteiger partial charge on any atom is 0.223 e. The Bertz CT molecular complexity index is 222. The van der Waals surface area contributed by atoms with Gasteiger partial charge in [0.15, 0.2) is 0 Å². The molecule has 0 radical (unpaired) electrons. The number of amides is 1. The third-order valence-electron chi connectivity index (χ3n) is 2.75. The van der Waals surface area contributed by atoms with Gasteiger partial charge in [-0.05, 0) is 12.8 Å². The molecule has 5 nitrogen and oxygen atoms in total. The number of aliphatic hydroxyl groups is 1. The van der Waals surface area contributed by atoms with Crippen molar-refractivity contribution in [3.05, 3.63) is 0 Å². The molecule has 14 heavy (non-hydrogen) atoms. The number of hydrogen-bond acceptors (Lipinski definition) is 4. The Kier molecular flexibility index (Phi) is 3.00. The monoisotopic (exact) mass is 200 g/mol. The first-order chi connectivity index (χ1) is 6.75. The fourth-order valence-corrected chi connectivity index (χ4v) is 1.91. The van der Waals surface area contributed by atoms with E-state index in [0.29, 0.717) is 13.2 Å². The standard InChI is InChI=1S/C9H16N2O3/c12-8-5-11(14-6-8)4-2-7-1-3-10-9(7)13/h7-8,12H,1-6H2,(H,10,13). The van der Waals surface area contributed by atoms with Crippen molar-refractivity contribution in [2.45, 2.75) is 18.9 Å². The molecule has 0 aromatic heterocycles. The molecule has 0 aromatic rings. The fourth-order valence-electron chi connectivity index (χ4n) is 1.91. The van der Waals surface area contributed by atoms with Gasteiger partial charge in [0.1, 0.15) is 0 Å². The van der Waals surface area contributed by atoms with E-state index in [1.807, 2.05) is 0 Å². The van der Waals surface area contributed by atoms with Crippen molar-refractivity contribution in [1.29, 1.82) is 0 Å². The van der Waals surface area contributed by atoms with Crippen LogP contribution in [0, 0.1) is 5.92 Å². The van der Waals surface area contributed by atoms with E-state index in [1.165, 1.54) is 0 Å². The first kappa shape index (κ1) is 9.89. The molecule has 80 valence electrons. The summed E-state index contributed by atoms with van der Waals surface area (Å²) in [4.78, 5) is 16.4. The van der Waals surface area contributed by atoms with Crippen LogP contribution in [0.25, 0.3) is 0 Å². The summed E-state index contributed by atoms with van der Waals surface area (Å²) >= 11 is 0. The van der Waals surface area contributed by atoms with Crippen molar-refractivity contribution in [3.63, 3.8) is 0 Å². The van der Waals surface area contributed by atoms with Crippen molar-refractivity contribution in [2.75, 3.05) is 26.2 Å². The predicted molar refractivity (Wildman–Crippen MR) is 49.3 cm³/mol. The number of β-amino-alcohol motifs (C(OH)–C–C–N with tert-alkyl or cyclic N) is 1. The molecule has 2 rings (SSSR count). The summed E-state index contributed by atoms with van der Waals surface area (Å²) in [5.41, 5.74) is 0. The Labute approximate surface area is 83.0 Å². The molecule has 1 amide bonds. The van der Waals surface area contributed by atoms with Gasteiger partial charge in [-0.15, -0.1) is 0 Å². The maximum atomic E-state index is 11.2. The largest absolute Gasteiger partial charge is 0.389 e. The van der Waals surface area contributed by atoms with E-state index in [1.54, 1.807) is 5.06 Å². The zero-order valence-electron chi connectivity index (χ0n) is 8.11. The average Bonchev–Trinajstić information content (AvgIpc) is 2.72. The van der Waals surface area contributed by atoms with Gasteiger partial charge < -0.3 is 10.4 Å². The van der Waals surface area contributed by atoms with E-state index in [-0.39, 0.29) is 17.9 Å². The molecule has 2 unspecified atom stereocenters. The van der Waals surface area contributed by atoms with E-state index in [2.05, 4.69) is 5.32 Å². The van der Waals surface area contributed by atoms with Gasteiger partial charge in [0.25, 0.3) is 0 Å². The Morgan fingerprint density at radius 3 is 3.07 bits per heavy atom. The third kappa shape index (κ3) is 2.23. The van der Waals surface area contributed by atoms with Gasteiger partial charge in [-0.1, -0.05) is 0 Å². The molecule has 2 atom stereocenters. The normalized spacial score (nSPS) is 33.6. The second-order valence-electron chi connectivity index (χ2n) is 3.90. The lowest BCUT2D eigenvalue weighted by atomic mass is 10.0. The minimum Gasteiger partial charge on any atom is -0.389 e. The van der Waals surface area contributed by atoms with Gasteiger partial charge in [-0.2, -0.15) is 5.06 Å². The molecule has 2 fully saturated rings. The first-order valence-electron chi connectivity index (χ1n) is 5.09. The SMILES string of the molecule is O=C1NCCC1CCN1CC(O)CO1. The van der Waals surface area contributed by atoms with Crippen molar-refractivity contribution in [3.8, 4) is 0 Å². The summed E-state index contributed by atoms with van der Waals surface area (Å²) in [5.74, 6) is 0.293. The van der Waals surface area contributed by atoms with Gasteiger partial charge in [0.05, 0.1) is 19.3 Å². The van der Waals surface area contributed by atoms with Crippen LogP contribution in [-0.2, 0) is 9.63 Å². The van der Waals surface area contributed by atoms with E-state index in [0.717, 1.165) is 25.9 Å². The molecule has 2 heterocycles. The maximum absolute atomic E-state index is 11.2. The van der Waals surface area contributed by atoms with Crippen LogP contribution in [0.4, 0.5) is 0 Å². The highest BCUT2D eigenvalue weighted by atomic mass is 16.7. The van der Waals surface area contributed by atoms with Gasteiger partial charge in [0, 0.05) is 19.0 Å². The molecule has 5 heteroatoms. The number of hydroxylamine groups is 2. The molecule has 2 aliphatic rings. The molecule has 0 spiro atoms. The molecular formula is C9H16N2O3. The molecule has 0 aromatic carbocycles. The summed E-state index contributed by atoms with van der Waals surface area (Å²) in [6.07, 6.45) is 1.38. The molecule has 0 saturated carbocycles. The highest BCUT2D eigenvalue weighted by Gasteiger charge is 2.27. The van der Waals surface area contributed by atoms with Gasteiger partial charge in [-0.3, -0.25) is 9.63 Å². The lowest BCUT2D eigenvalue weighted by molar-refractivity contribution is -0.126. The number of hydrogen-bond donors (Lipinski definition) is 2. The van der Waals surface area contributed by atoms with Crippen molar-refractivity contribution < 1.29 is 14.7 Å². The van der Waals surface area contributed by atoms with Crippen LogP contribution in [0.2, 0.25) is 0 Å². The molecule has 0 aliphatic carbocycles. The summed E-state index contributed by atoms with van der Waals surface area (Å²) in [6, 6.07) is 0. The second-order valence-corrected chi connectivity index (χ2v) is 3.90. The molecule has 0 bridgehead atoms. The Hall–Kier alpha value is -0.650. The molecule has 2 N–H and O–H groups in total. The van der Waals surface area contributed by atoms with Crippen LogP contribution in [-0.4, -0.2) is 48.4 Å². The Morgan fingerprint density at radius 2 is 2.50 bits per heavy atom. The lowest BCUT2D eigenvalue weighted by Crippen LogP contribution is -2.26. The van der Waals surface area contributed by atoms with E-state index in [9.17, 15) is 9.90 Å². The van der Waals surface area contributed by atoms with Crippen LogP contribution < -0.4 is 5.32 Å². The summed E-state index contributed by atoms with van der Waals surface area (Å²) in [7, 11) is 0. The van der Waals surface area contributed by atoms with Gasteiger partial charge >= 0.3 is 0 Å². The zero-order valence-corrected chi connectivity index (χ0v) is 8.11. The zero-order chi connectivity index (χ0) is 9.97. The van der Waals surface area contributed by atoms with Crippen molar-refractivity contribution in [2.24, 2.45) is 5.92 Å².